The Morgan fingerprint density at radius 3 is 2.33 bits per heavy atom. The third kappa shape index (κ3) is 6.42. The maximum atomic E-state index is 13.5. The van der Waals surface area contributed by atoms with Crippen LogP contribution in [0, 0.1) is 6.92 Å². The van der Waals surface area contributed by atoms with Crippen LogP contribution in [0.2, 0.25) is 0 Å². The van der Waals surface area contributed by atoms with Gasteiger partial charge in [-0.1, -0.05) is 62.7 Å². The number of morpholine rings is 1. The Balaban J connectivity index is 1.38. The van der Waals surface area contributed by atoms with Crippen molar-refractivity contribution in [2.45, 2.75) is 33.1 Å². The number of Topliss-reactive ketones (excluding diaryl/α,β-unsaturated/α-hetero) is 1. The summed E-state index contributed by atoms with van der Waals surface area (Å²) in [7, 11) is 0. The quantitative estimate of drug-likeness (QED) is 0.239. The minimum Gasteiger partial charge on any atom is -0.492 e. The van der Waals surface area contributed by atoms with Crippen molar-refractivity contribution < 1.29 is 23.9 Å². The molecule has 1 aromatic heterocycles. The lowest BCUT2D eigenvalue weighted by atomic mass is 9.92. The molecule has 3 aromatic carbocycles. The summed E-state index contributed by atoms with van der Waals surface area (Å²) < 4.78 is 12.7. The van der Waals surface area contributed by atoms with Gasteiger partial charge in [0.05, 0.1) is 18.9 Å². The number of carbonyl (C=O) groups excluding carboxylic acids is 3. The first kappa shape index (κ1) is 29.2. The Bertz CT molecular complexity index is 1610. The number of ether oxygens (including phenoxy) is 2. The van der Waals surface area contributed by atoms with Gasteiger partial charge in [0.1, 0.15) is 18.2 Å². The van der Waals surface area contributed by atoms with Gasteiger partial charge in [0, 0.05) is 47.6 Å². The maximum Gasteiger partial charge on any atom is 0.297 e. The van der Waals surface area contributed by atoms with Crippen LogP contribution in [0.4, 0.5) is 5.82 Å². The SMILES string of the molecule is Cc1ccc(C(=O)n2nc(C(C)(C)C)cc2NC(=O)C(=O)c2ccc(OCCN3CCOCC3)c3ccccc23)cc1. The predicted octanol–water partition coefficient (Wildman–Crippen LogP) is 4.86. The summed E-state index contributed by atoms with van der Waals surface area (Å²) in [6.07, 6.45) is 0. The standard InChI is InChI=1S/C33H36N4O5/c1-22-9-11-23(12-10-22)32(40)37-29(21-28(35-37)33(2,3)4)34-31(39)30(38)26-13-14-27(25-8-6-5-7-24(25)26)42-20-17-36-15-18-41-19-16-36/h5-14,21H,15-20H2,1-4H3,(H,34,39). The third-order valence-electron chi connectivity index (χ3n) is 7.31. The normalized spacial score (nSPS) is 14.1. The van der Waals surface area contributed by atoms with Crippen molar-refractivity contribution in [3.05, 3.63) is 89.1 Å². The van der Waals surface area contributed by atoms with Crippen molar-refractivity contribution in [3.63, 3.8) is 0 Å². The maximum absolute atomic E-state index is 13.5. The number of benzene rings is 3. The lowest BCUT2D eigenvalue weighted by Crippen LogP contribution is -2.38. The summed E-state index contributed by atoms with van der Waals surface area (Å²) in [4.78, 5) is 42.5. The molecule has 218 valence electrons. The number of nitrogens with zero attached hydrogens (tertiary/aromatic N) is 3. The molecule has 9 nitrogen and oxygen atoms in total. The van der Waals surface area contributed by atoms with E-state index in [1.165, 1.54) is 0 Å². The molecule has 1 N–H and O–H groups in total. The molecule has 5 rings (SSSR count). The molecule has 0 atom stereocenters. The highest BCUT2D eigenvalue weighted by Gasteiger charge is 2.27. The monoisotopic (exact) mass is 568 g/mol. The van der Waals surface area contributed by atoms with Gasteiger partial charge in [0.25, 0.3) is 17.6 Å². The second-order valence-corrected chi connectivity index (χ2v) is 11.5. The van der Waals surface area contributed by atoms with E-state index in [0.717, 1.165) is 48.5 Å². The number of hydrogen-bond donors (Lipinski definition) is 1. The van der Waals surface area contributed by atoms with Crippen molar-refractivity contribution in [2.75, 3.05) is 44.8 Å². The van der Waals surface area contributed by atoms with E-state index in [4.69, 9.17) is 9.47 Å². The number of carbonyl (C=O) groups is 3. The number of rotatable bonds is 8. The van der Waals surface area contributed by atoms with Crippen molar-refractivity contribution in [1.29, 1.82) is 0 Å². The first-order valence-corrected chi connectivity index (χ1v) is 14.1. The molecule has 1 fully saturated rings. The number of aromatic nitrogens is 2. The second-order valence-electron chi connectivity index (χ2n) is 11.5. The van der Waals surface area contributed by atoms with E-state index in [0.29, 0.717) is 29.0 Å². The highest BCUT2D eigenvalue weighted by molar-refractivity contribution is 6.48. The number of amides is 1. The van der Waals surface area contributed by atoms with E-state index >= 15 is 0 Å². The Morgan fingerprint density at radius 2 is 1.64 bits per heavy atom. The molecule has 1 saturated heterocycles. The molecular formula is C33H36N4O5. The van der Waals surface area contributed by atoms with Crippen LogP contribution < -0.4 is 10.1 Å². The van der Waals surface area contributed by atoms with E-state index in [1.807, 2.05) is 58.0 Å². The molecule has 1 aliphatic heterocycles. The van der Waals surface area contributed by atoms with Gasteiger partial charge < -0.3 is 14.8 Å². The summed E-state index contributed by atoms with van der Waals surface area (Å²) in [5.74, 6) is -1.21. The van der Waals surface area contributed by atoms with E-state index in [-0.39, 0.29) is 11.4 Å². The van der Waals surface area contributed by atoms with E-state index in [1.54, 1.807) is 36.4 Å². The molecule has 42 heavy (non-hydrogen) atoms. The summed E-state index contributed by atoms with van der Waals surface area (Å²) in [5, 5.41) is 8.52. The number of ketones is 1. The molecule has 1 amide bonds. The Kier molecular flexibility index (Phi) is 8.51. The van der Waals surface area contributed by atoms with Crippen LogP contribution in [0.15, 0.2) is 66.7 Å². The van der Waals surface area contributed by atoms with E-state index in [2.05, 4.69) is 15.3 Å². The Morgan fingerprint density at radius 1 is 0.952 bits per heavy atom. The van der Waals surface area contributed by atoms with E-state index < -0.39 is 23.0 Å². The molecule has 0 bridgehead atoms. The van der Waals surface area contributed by atoms with Crippen LogP contribution in [-0.2, 0) is 14.9 Å². The zero-order valence-corrected chi connectivity index (χ0v) is 24.5. The van der Waals surface area contributed by atoms with Crippen molar-refractivity contribution in [3.8, 4) is 5.75 Å². The topological polar surface area (TPSA) is 103 Å². The Hall–Kier alpha value is -4.34. The molecule has 0 radical (unpaired) electrons. The average Bonchev–Trinajstić information content (AvgIpc) is 3.42. The molecule has 0 aliphatic carbocycles. The third-order valence-corrected chi connectivity index (χ3v) is 7.31. The molecule has 9 heteroatoms. The Labute approximate surface area is 245 Å². The van der Waals surface area contributed by atoms with Crippen molar-refractivity contribution in [1.82, 2.24) is 14.7 Å². The zero-order chi connectivity index (χ0) is 29.9. The lowest BCUT2D eigenvalue weighted by molar-refractivity contribution is -0.112. The van der Waals surface area contributed by atoms with E-state index in [9.17, 15) is 14.4 Å². The second kappa shape index (κ2) is 12.3. The minimum absolute atomic E-state index is 0.135. The van der Waals surface area contributed by atoms with Crippen LogP contribution in [0.25, 0.3) is 10.8 Å². The van der Waals surface area contributed by atoms with Crippen LogP contribution in [0.5, 0.6) is 5.75 Å². The predicted molar refractivity (Wildman–Crippen MR) is 161 cm³/mol. The van der Waals surface area contributed by atoms with Crippen LogP contribution in [-0.4, -0.2) is 71.7 Å². The highest BCUT2D eigenvalue weighted by Crippen LogP contribution is 2.30. The van der Waals surface area contributed by atoms with Gasteiger partial charge in [0.15, 0.2) is 0 Å². The van der Waals surface area contributed by atoms with Crippen molar-refractivity contribution >= 4 is 34.2 Å². The molecular weight excluding hydrogens is 532 g/mol. The van der Waals surface area contributed by atoms with Gasteiger partial charge in [-0.3, -0.25) is 19.3 Å². The van der Waals surface area contributed by atoms with Gasteiger partial charge in [-0.2, -0.15) is 9.78 Å². The molecule has 2 heterocycles. The summed E-state index contributed by atoms with van der Waals surface area (Å²) in [6, 6.07) is 19.4. The largest absolute Gasteiger partial charge is 0.492 e. The van der Waals surface area contributed by atoms with Gasteiger partial charge in [-0.05, 0) is 36.6 Å². The molecule has 0 spiro atoms. The summed E-state index contributed by atoms with van der Waals surface area (Å²) >= 11 is 0. The molecule has 0 saturated carbocycles. The van der Waals surface area contributed by atoms with Gasteiger partial charge in [-0.25, -0.2) is 0 Å². The molecule has 0 unspecified atom stereocenters. The van der Waals surface area contributed by atoms with Crippen LogP contribution in [0.3, 0.4) is 0 Å². The van der Waals surface area contributed by atoms with Crippen molar-refractivity contribution in [2.24, 2.45) is 0 Å². The fourth-order valence-corrected chi connectivity index (χ4v) is 4.81. The first-order chi connectivity index (χ1) is 20.1. The highest BCUT2D eigenvalue weighted by atomic mass is 16.5. The zero-order valence-electron chi connectivity index (χ0n) is 24.5. The smallest absolute Gasteiger partial charge is 0.297 e. The lowest BCUT2D eigenvalue weighted by Gasteiger charge is -2.26. The number of hydrogen-bond acceptors (Lipinski definition) is 7. The molecule has 4 aromatic rings. The molecule has 1 aliphatic rings. The first-order valence-electron chi connectivity index (χ1n) is 14.1. The number of aryl methyl sites for hydroxylation is 1. The number of fused-ring (bicyclic) bond motifs is 1. The number of anilines is 1. The average molecular weight is 569 g/mol. The number of nitrogens with one attached hydrogen (secondary N) is 1. The van der Waals surface area contributed by atoms with Gasteiger partial charge in [0.2, 0.25) is 0 Å². The summed E-state index contributed by atoms with van der Waals surface area (Å²) in [5.41, 5.74) is 1.89. The fraction of sp³-hybridized carbons (Fsp3) is 0.333. The fourth-order valence-electron chi connectivity index (χ4n) is 4.81. The summed E-state index contributed by atoms with van der Waals surface area (Å²) in [6.45, 7) is 12.3. The van der Waals surface area contributed by atoms with Gasteiger partial charge >= 0.3 is 0 Å². The van der Waals surface area contributed by atoms with Gasteiger partial charge in [-0.15, -0.1) is 0 Å². The van der Waals surface area contributed by atoms with Crippen LogP contribution in [0.1, 0.15) is 52.7 Å². The minimum atomic E-state index is -0.862. The van der Waals surface area contributed by atoms with Crippen LogP contribution >= 0.6 is 0 Å².